The molecule has 2 rings (SSSR count). The second kappa shape index (κ2) is 3.31. The van der Waals surface area contributed by atoms with Gasteiger partial charge in [0, 0.05) is 6.42 Å². The summed E-state index contributed by atoms with van der Waals surface area (Å²) in [4.78, 5) is 11.0. The summed E-state index contributed by atoms with van der Waals surface area (Å²) in [6, 6.07) is 4.41. The van der Waals surface area contributed by atoms with Gasteiger partial charge in [0.15, 0.2) is 0 Å². The minimum Gasteiger partial charge on any atom is -0.480 e. The molecule has 0 saturated carbocycles. The maximum absolute atomic E-state index is 12.9. The fraction of sp³-hybridized carbons (Fsp3) is 0.364. The molecular weight excluding hydrogens is 197 g/mol. The van der Waals surface area contributed by atoms with Crippen LogP contribution in [-0.2, 0) is 17.6 Å². The molecule has 1 aromatic carbocycles. The van der Waals surface area contributed by atoms with Crippen LogP contribution in [0.2, 0.25) is 0 Å². The predicted molar refractivity (Wildman–Crippen MR) is 53.0 cm³/mol. The fourth-order valence-electron chi connectivity index (χ4n) is 1.97. The predicted octanol–water partition coefficient (Wildman–Crippen LogP) is 1.10. The molecule has 0 amide bonds. The van der Waals surface area contributed by atoms with Gasteiger partial charge in [0.25, 0.3) is 0 Å². The van der Waals surface area contributed by atoms with Crippen LogP contribution in [0.4, 0.5) is 4.39 Å². The monoisotopic (exact) mass is 209 g/mol. The molecule has 1 aliphatic carbocycles. The maximum atomic E-state index is 12.9. The summed E-state index contributed by atoms with van der Waals surface area (Å²) in [5.74, 6) is -1.27. The van der Waals surface area contributed by atoms with Crippen LogP contribution >= 0.6 is 0 Å². The van der Waals surface area contributed by atoms with E-state index < -0.39 is 11.5 Å². The first-order valence-electron chi connectivity index (χ1n) is 4.81. The number of hydrogen-bond donors (Lipinski definition) is 2. The standard InChI is InChI=1S/C11H12FNO2/c12-9-2-1-8-6-11(13,10(14)15)4-3-7(8)5-9/h1-2,5H,3-4,6,13H2,(H,14,15)/t11-/m0/s1. The van der Waals surface area contributed by atoms with Crippen molar-refractivity contribution in [1.29, 1.82) is 0 Å². The number of hydrogen-bond acceptors (Lipinski definition) is 2. The number of carboxylic acid groups (broad SMARTS) is 1. The molecule has 3 N–H and O–H groups in total. The highest BCUT2D eigenvalue weighted by molar-refractivity contribution is 5.79. The van der Waals surface area contributed by atoms with Crippen LogP contribution in [0.15, 0.2) is 18.2 Å². The van der Waals surface area contributed by atoms with Gasteiger partial charge in [-0.05, 0) is 36.1 Å². The Morgan fingerprint density at radius 2 is 2.20 bits per heavy atom. The SMILES string of the molecule is N[C@@]1(C(=O)O)CCc2cc(F)ccc2C1. The molecule has 0 aliphatic heterocycles. The van der Waals surface area contributed by atoms with Gasteiger partial charge in [-0.15, -0.1) is 0 Å². The molecule has 1 aliphatic rings. The van der Waals surface area contributed by atoms with Gasteiger partial charge in [0.05, 0.1) is 0 Å². The number of aliphatic carboxylic acids is 1. The number of carboxylic acids is 1. The van der Waals surface area contributed by atoms with Gasteiger partial charge < -0.3 is 10.8 Å². The quantitative estimate of drug-likeness (QED) is 0.727. The van der Waals surface area contributed by atoms with Gasteiger partial charge in [0.2, 0.25) is 0 Å². The van der Waals surface area contributed by atoms with Crippen LogP contribution in [0.25, 0.3) is 0 Å². The minimum atomic E-state index is -1.19. The lowest BCUT2D eigenvalue weighted by Crippen LogP contribution is -2.52. The summed E-state index contributed by atoms with van der Waals surface area (Å²) in [6.45, 7) is 0. The van der Waals surface area contributed by atoms with Crippen molar-refractivity contribution in [2.75, 3.05) is 0 Å². The molecule has 4 heteroatoms. The van der Waals surface area contributed by atoms with Gasteiger partial charge in [0.1, 0.15) is 11.4 Å². The minimum absolute atomic E-state index is 0.276. The number of carbonyl (C=O) groups is 1. The number of fused-ring (bicyclic) bond motifs is 1. The lowest BCUT2D eigenvalue weighted by Gasteiger charge is -2.30. The smallest absolute Gasteiger partial charge is 0.324 e. The highest BCUT2D eigenvalue weighted by atomic mass is 19.1. The summed E-state index contributed by atoms with van der Waals surface area (Å²) in [7, 11) is 0. The van der Waals surface area contributed by atoms with Crippen LogP contribution in [-0.4, -0.2) is 16.6 Å². The first kappa shape index (κ1) is 10.1. The van der Waals surface area contributed by atoms with Crippen molar-refractivity contribution in [2.45, 2.75) is 24.8 Å². The van der Waals surface area contributed by atoms with E-state index in [0.29, 0.717) is 12.8 Å². The maximum Gasteiger partial charge on any atom is 0.324 e. The van der Waals surface area contributed by atoms with Crippen LogP contribution < -0.4 is 5.73 Å². The van der Waals surface area contributed by atoms with Crippen molar-refractivity contribution in [3.05, 3.63) is 35.1 Å². The molecule has 1 atom stereocenters. The van der Waals surface area contributed by atoms with Crippen LogP contribution in [0.3, 0.4) is 0 Å². The summed E-state index contributed by atoms with van der Waals surface area (Å²) < 4.78 is 12.9. The molecule has 0 fully saturated rings. The summed E-state index contributed by atoms with van der Waals surface area (Å²) in [5, 5.41) is 8.98. The molecule has 3 nitrogen and oxygen atoms in total. The molecule has 0 radical (unpaired) electrons. The topological polar surface area (TPSA) is 63.3 Å². The van der Waals surface area contributed by atoms with E-state index in [9.17, 15) is 9.18 Å². The first-order chi connectivity index (χ1) is 7.01. The third-order valence-electron chi connectivity index (χ3n) is 2.94. The second-order valence-corrected chi connectivity index (χ2v) is 4.05. The lowest BCUT2D eigenvalue weighted by molar-refractivity contribution is -0.143. The lowest BCUT2D eigenvalue weighted by atomic mass is 9.79. The average molecular weight is 209 g/mol. The number of rotatable bonds is 1. The molecule has 15 heavy (non-hydrogen) atoms. The largest absolute Gasteiger partial charge is 0.480 e. The number of nitrogens with two attached hydrogens (primary N) is 1. The Balaban J connectivity index is 2.35. The molecule has 0 unspecified atom stereocenters. The van der Waals surface area contributed by atoms with E-state index in [1.807, 2.05) is 0 Å². The van der Waals surface area contributed by atoms with Crippen molar-refractivity contribution in [3.8, 4) is 0 Å². The summed E-state index contributed by atoms with van der Waals surface area (Å²) >= 11 is 0. The van der Waals surface area contributed by atoms with E-state index >= 15 is 0 Å². The zero-order valence-electron chi connectivity index (χ0n) is 8.16. The normalized spacial score (nSPS) is 24.7. The molecule has 0 heterocycles. The summed E-state index contributed by atoms with van der Waals surface area (Å²) in [6.07, 6.45) is 1.16. The van der Waals surface area contributed by atoms with Gasteiger partial charge in [-0.25, -0.2) is 4.39 Å². The molecular formula is C11H12FNO2. The second-order valence-electron chi connectivity index (χ2n) is 4.05. The highest BCUT2D eigenvalue weighted by Crippen LogP contribution is 2.27. The highest BCUT2D eigenvalue weighted by Gasteiger charge is 2.37. The van der Waals surface area contributed by atoms with Crippen molar-refractivity contribution in [3.63, 3.8) is 0 Å². The van der Waals surface area contributed by atoms with Crippen LogP contribution in [0.5, 0.6) is 0 Å². The average Bonchev–Trinajstić information content (AvgIpc) is 2.18. The Kier molecular flexibility index (Phi) is 2.23. The van der Waals surface area contributed by atoms with E-state index in [-0.39, 0.29) is 12.2 Å². The Morgan fingerprint density at radius 3 is 2.87 bits per heavy atom. The molecule has 1 aromatic rings. The first-order valence-corrected chi connectivity index (χ1v) is 4.81. The van der Waals surface area contributed by atoms with Gasteiger partial charge >= 0.3 is 5.97 Å². The van der Waals surface area contributed by atoms with Crippen LogP contribution in [0, 0.1) is 5.82 Å². The van der Waals surface area contributed by atoms with Crippen molar-refractivity contribution >= 4 is 5.97 Å². The molecule has 0 spiro atoms. The molecule has 0 saturated heterocycles. The van der Waals surface area contributed by atoms with E-state index in [2.05, 4.69) is 0 Å². The van der Waals surface area contributed by atoms with Gasteiger partial charge in [-0.1, -0.05) is 6.07 Å². The zero-order chi connectivity index (χ0) is 11.1. The Labute approximate surface area is 86.7 Å². The van der Waals surface area contributed by atoms with Crippen LogP contribution in [0.1, 0.15) is 17.5 Å². The number of aryl methyl sites for hydroxylation is 1. The molecule has 80 valence electrons. The Morgan fingerprint density at radius 1 is 1.47 bits per heavy atom. The van der Waals surface area contributed by atoms with E-state index in [4.69, 9.17) is 10.8 Å². The van der Waals surface area contributed by atoms with E-state index in [1.165, 1.54) is 12.1 Å². The van der Waals surface area contributed by atoms with Crippen molar-refractivity contribution in [2.24, 2.45) is 5.73 Å². The Bertz CT molecular complexity index is 419. The molecule has 0 aromatic heterocycles. The molecule has 0 bridgehead atoms. The Hall–Kier alpha value is -1.42. The van der Waals surface area contributed by atoms with Gasteiger partial charge in [-0.2, -0.15) is 0 Å². The van der Waals surface area contributed by atoms with Crippen molar-refractivity contribution < 1.29 is 14.3 Å². The van der Waals surface area contributed by atoms with Crippen molar-refractivity contribution in [1.82, 2.24) is 0 Å². The summed E-state index contributed by atoms with van der Waals surface area (Å²) in [5.41, 5.74) is 6.28. The third-order valence-corrected chi connectivity index (χ3v) is 2.94. The van der Waals surface area contributed by atoms with E-state index in [0.717, 1.165) is 11.1 Å². The number of benzene rings is 1. The zero-order valence-corrected chi connectivity index (χ0v) is 8.16. The van der Waals surface area contributed by atoms with E-state index in [1.54, 1.807) is 6.07 Å². The third kappa shape index (κ3) is 1.72. The number of halogens is 1. The van der Waals surface area contributed by atoms with Gasteiger partial charge in [-0.3, -0.25) is 4.79 Å². The fourth-order valence-corrected chi connectivity index (χ4v) is 1.97.